The molecule has 304 valence electrons. The number of halogens is 1. The second kappa shape index (κ2) is 14.9. The Morgan fingerprint density at radius 2 is 0.938 bits per heavy atom. The average molecular weight is 851 g/mol. The fourth-order valence-corrected chi connectivity index (χ4v) is 9.80. The summed E-state index contributed by atoms with van der Waals surface area (Å²) in [5.41, 5.74) is 14.6. The number of hydrogen-bond donors (Lipinski definition) is 1. The third-order valence-corrected chi connectivity index (χ3v) is 13.0. The monoisotopic (exact) mass is 850 g/mol. The SMILES string of the molecule is Clc1nc(-c2ccc(-c3ccccc3)cc2)nc(-c2ccc(-c3ccc(-c4ccc5c(c4)oc4c(-c6cccc7c6[nH]c6ccc8ccccc8c67)c6ccccc6cc45)cc3)cc2)n1. The Kier molecular flexibility index (Phi) is 8.51. The van der Waals surface area contributed by atoms with Crippen LogP contribution in [0.3, 0.4) is 0 Å². The van der Waals surface area contributed by atoms with E-state index in [9.17, 15) is 0 Å². The first-order chi connectivity index (χ1) is 32.1. The van der Waals surface area contributed by atoms with Gasteiger partial charge in [0.25, 0.3) is 0 Å². The summed E-state index contributed by atoms with van der Waals surface area (Å²) in [6.45, 7) is 0. The number of aromatic nitrogens is 4. The summed E-state index contributed by atoms with van der Waals surface area (Å²) in [5, 5.41) is 9.61. The van der Waals surface area contributed by atoms with Crippen molar-refractivity contribution in [2.75, 3.05) is 0 Å². The summed E-state index contributed by atoms with van der Waals surface area (Å²) in [4.78, 5) is 17.5. The Morgan fingerprint density at radius 3 is 1.63 bits per heavy atom. The molecule has 0 fully saturated rings. The highest BCUT2D eigenvalue weighted by molar-refractivity contribution is 6.28. The first-order valence-corrected chi connectivity index (χ1v) is 22.1. The van der Waals surface area contributed by atoms with Gasteiger partial charge in [-0.1, -0.05) is 182 Å². The molecule has 0 unspecified atom stereocenters. The third kappa shape index (κ3) is 6.28. The van der Waals surface area contributed by atoms with Crippen LogP contribution >= 0.6 is 11.6 Å². The summed E-state index contributed by atoms with van der Waals surface area (Å²) in [5.74, 6) is 1.06. The maximum absolute atomic E-state index is 6.97. The van der Waals surface area contributed by atoms with Crippen molar-refractivity contribution in [1.82, 2.24) is 19.9 Å². The first kappa shape index (κ1) is 37.2. The zero-order valence-corrected chi connectivity index (χ0v) is 35.5. The molecule has 0 spiro atoms. The van der Waals surface area contributed by atoms with Crippen LogP contribution < -0.4 is 0 Å². The first-order valence-electron chi connectivity index (χ1n) is 21.7. The lowest BCUT2D eigenvalue weighted by molar-refractivity contribution is 0.670. The fourth-order valence-electron chi connectivity index (χ4n) is 9.64. The Balaban J connectivity index is 0.823. The van der Waals surface area contributed by atoms with Crippen molar-refractivity contribution in [1.29, 1.82) is 0 Å². The van der Waals surface area contributed by atoms with Crippen molar-refractivity contribution in [2.45, 2.75) is 0 Å². The van der Waals surface area contributed by atoms with E-state index in [1.165, 1.54) is 26.9 Å². The van der Waals surface area contributed by atoms with Gasteiger partial charge in [-0.15, -0.1) is 0 Å². The molecule has 0 amide bonds. The van der Waals surface area contributed by atoms with Crippen molar-refractivity contribution in [2.24, 2.45) is 0 Å². The van der Waals surface area contributed by atoms with Gasteiger partial charge in [-0.25, -0.2) is 4.98 Å². The molecule has 13 rings (SSSR count). The van der Waals surface area contributed by atoms with Gasteiger partial charge in [-0.2, -0.15) is 9.97 Å². The quantitative estimate of drug-likeness (QED) is 0.181. The minimum absolute atomic E-state index is 0.156. The molecule has 0 aliphatic rings. The number of furan rings is 1. The van der Waals surface area contributed by atoms with Crippen LogP contribution in [0.1, 0.15) is 0 Å². The summed E-state index contributed by atoms with van der Waals surface area (Å²) in [6.07, 6.45) is 0. The highest BCUT2D eigenvalue weighted by Crippen LogP contribution is 2.45. The number of fused-ring (bicyclic) bond motifs is 9. The lowest BCUT2D eigenvalue weighted by Gasteiger charge is -2.10. The predicted molar refractivity (Wildman–Crippen MR) is 269 cm³/mol. The number of H-pyrrole nitrogens is 1. The minimum atomic E-state index is 0.156. The van der Waals surface area contributed by atoms with Crippen LogP contribution in [0.15, 0.2) is 211 Å². The fraction of sp³-hybridized carbons (Fsp3) is 0. The highest BCUT2D eigenvalue weighted by Gasteiger charge is 2.21. The van der Waals surface area contributed by atoms with E-state index >= 15 is 0 Å². The number of nitrogens with zero attached hydrogens (tertiary/aromatic N) is 3. The van der Waals surface area contributed by atoms with Crippen molar-refractivity contribution in [3.8, 4) is 67.3 Å². The molecular formula is C59H35ClN4O. The van der Waals surface area contributed by atoms with Gasteiger partial charge in [0.1, 0.15) is 11.2 Å². The van der Waals surface area contributed by atoms with Gasteiger partial charge < -0.3 is 9.40 Å². The smallest absolute Gasteiger partial charge is 0.226 e. The topological polar surface area (TPSA) is 67.6 Å². The number of aromatic amines is 1. The van der Waals surface area contributed by atoms with E-state index in [0.29, 0.717) is 11.6 Å². The maximum atomic E-state index is 6.97. The van der Waals surface area contributed by atoms with Crippen LogP contribution in [0.5, 0.6) is 0 Å². The molecule has 6 heteroatoms. The van der Waals surface area contributed by atoms with Crippen molar-refractivity contribution in [3.05, 3.63) is 212 Å². The molecule has 1 N–H and O–H groups in total. The second-order valence-corrected chi connectivity index (χ2v) is 16.9. The minimum Gasteiger partial charge on any atom is -0.455 e. The standard InChI is InChI=1S/C59H35ClN4O/c60-59-63-57(41-25-21-36(22-26-41)35-9-2-1-3-10-35)62-58(64-59)42-27-23-38(24-28-42)37-17-19-39(20-18-37)43-29-31-47-50-33-44-12-5-7-14-46(44)54(56(50)65-52(47)34-43)49-16-8-15-48-53-45-13-6-4-11-40(45)30-32-51(53)61-55(48)49/h1-34,61H. The molecule has 0 aliphatic carbocycles. The van der Waals surface area contributed by atoms with Crippen LogP contribution in [0, 0.1) is 0 Å². The molecule has 3 aromatic heterocycles. The highest BCUT2D eigenvalue weighted by atomic mass is 35.5. The average Bonchev–Trinajstić information content (AvgIpc) is 3.94. The number of benzene rings is 10. The Morgan fingerprint density at radius 1 is 0.385 bits per heavy atom. The predicted octanol–water partition coefficient (Wildman–Crippen LogP) is 16.4. The number of nitrogens with one attached hydrogen (secondary N) is 1. The van der Waals surface area contributed by atoms with Gasteiger partial charge in [0.05, 0.1) is 5.52 Å². The molecule has 0 radical (unpaired) electrons. The molecule has 0 bridgehead atoms. The van der Waals surface area contributed by atoms with Gasteiger partial charge in [-0.05, 0) is 90.8 Å². The second-order valence-electron chi connectivity index (χ2n) is 16.6. The lowest BCUT2D eigenvalue weighted by atomic mass is 9.93. The maximum Gasteiger partial charge on any atom is 0.226 e. The number of para-hydroxylation sites is 1. The van der Waals surface area contributed by atoms with Crippen molar-refractivity contribution in [3.63, 3.8) is 0 Å². The summed E-state index contributed by atoms with van der Waals surface area (Å²) < 4.78 is 6.97. The van der Waals surface area contributed by atoms with E-state index in [1.54, 1.807) is 0 Å². The normalized spacial score (nSPS) is 11.8. The van der Waals surface area contributed by atoms with Crippen LogP contribution in [0.2, 0.25) is 5.28 Å². The van der Waals surface area contributed by atoms with Crippen LogP contribution in [-0.2, 0) is 0 Å². The third-order valence-electron chi connectivity index (χ3n) is 12.8. The van der Waals surface area contributed by atoms with E-state index in [2.05, 4.69) is 179 Å². The van der Waals surface area contributed by atoms with E-state index in [-0.39, 0.29) is 5.28 Å². The zero-order chi connectivity index (χ0) is 43.0. The molecule has 3 heterocycles. The summed E-state index contributed by atoms with van der Waals surface area (Å²) in [7, 11) is 0. The van der Waals surface area contributed by atoms with Gasteiger partial charge in [0.15, 0.2) is 11.6 Å². The summed E-state index contributed by atoms with van der Waals surface area (Å²) in [6, 6.07) is 72.5. The van der Waals surface area contributed by atoms with Crippen molar-refractivity contribution >= 4 is 76.9 Å². The molecule has 0 aliphatic heterocycles. The van der Waals surface area contributed by atoms with Gasteiger partial charge in [0.2, 0.25) is 5.28 Å². The van der Waals surface area contributed by atoms with Crippen molar-refractivity contribution < 1.29 is 4.42 Å². The molecule has 0 saturated carbocycles. The van der Waals surface area contributed by atoms with Gasteiger partial charge in [-0.3, -0.25) is 0 Å². The Bertz CT molecular complexity index is 3990. The number of rotatable bonds is 6. The van der Waals surface area contributed by atoms with Gasteiger partial charge >= 0.3 is 0 Å². The summed E-state index contributed by atoms with van der Waals surface area (Å²) >= 11 is 6.45. The van der Waals surface area contributed by atoms with E-state index < -0.39 is 0 Å². The van der Waals surface area contributed by atoms with Gasteiger partial charge in [0, 0.05) is 49.3 Å². The molecular weight excluding hydrogens is 816 g/mol. The molecule has 0 atom stereocenters. The Labute approximate surface area is 378 Å². The zero-order valence-electron chi connectivity index (χ0n) is 34.8. The Hall–Kier alpha value is -8.38. The number of hydrogen-bond acceptors (Lipinski definition) is 4. The largest absolute Gasteiger partial charge is 0.455 e. The van der Waals surface area contributed by atoms with E-state index in [0.717, 1.165) is 94.0 Å². The van der Waals surface area contributed by atoms with Crippen LogP contribution in [0.4, 0.5) is 0 Å². The van der Waals surface area contributed by atoms with E-state index in [4.69, 9.17) is 21.0 Å². The lowest BCUT2D eigenvalue weighted by Crippen LogP contribution is -1.97. The molecule has 13 aromatic rings. The molecule has 0 saturated heterocycles. The van der Waals surface area contributed by atoms with Crippen LogP contribution in [-0.4, -0.2) is 19.9 Å². The molecule has 65 heavy (non-hydrogen) atoms. The van der Waals surface area contributed by atoms with Crippen LogP contribution in [0.25, 0.3) is 133 Å². The molecule has 5 nitrogen and oxygen atoms in total. The molecule has 10 aromatic carbocycles. The van der Waals surface area contributed by atoms with E-state index in [1.807, 2.05) is 42.5 Å².